The van der Waals surface area contributed by atoms with Gasteiger partial charge >= 0.3 is 0 Å². The molecule has 2 atom stereocenters. The predicted molar refractivity (Wildman–Crippen MR) is 107 cm³/mol. The van der Waals surface area contributed by atoms with Crippen LogP contribution in [0.25, 0.3) is 0 Å². The van der Waals surface area contributed by atoms with Crippen LogP contribution in [0.3, 0.4) is 0 Å². The number of ether oxygens (including phenoxy) is 1. The Bertz CT molecular complexity index is 900. The molecule has 0 fully saturated rings. The standard InChI is InChI=1S/C22H26F2N2O3/c1-12(2)16-8-6-13(3)10-19(16)29-14(4)21(27)26-20(22(28)25-5)15-7-9-17(23)18(24)11-15/h6-12,14,20H,1-5H3,(H,25,28)(H,26,27). The fourth-order valence-corrected chi connectivity index (χ4v) is 2.86. The normalized spacial score (nSPS) is 13.0. The van der Waals surface area contributed by atoms with Crippen molar-refractivity contribution in [2.24, 2.45) is 0 Å². The van der Waals surface area contributed by atoms with Crippen LogP contribution in [-0.4, -0.2) is 25.0 Å². The summed E-state index contributed by atoms with van der Waals surface area (Å²) < 4.78 is 32.7. The number of likely N-dealkylation sites (N-methyl/N-ethyl adjacent to an activating group) is 1. The van der Waals surface area contributed by atoms with Gasteiger partial charge in [0, 0.05) is 7.05 Å². The maximum Gasteiger partial charge on any atom is 0.261 e. The molecule has 2 unspecified atom stereocenters. The summed E-state index contributed by atoms with van der Waals surface area (Å²) in [5, 5.41) is 4.96. The van der Waals surface area contributed by atoms with Crippen LogP contribution in [0.4, 0.5) is 8.78 Å². The Morgan fingerprint density at radius 3 is 2.24 bits per heavy atom. The lowest BCUT2D eigenvalue weighted by Gasteiger charge is -2.22. The van der Waals surface area contributed by atoms with Crippen molar-refractivity contribution in [1.29, 1.82) is 0 Å². The number of carbonyl (C=O) groups is 2. The minimum atomic E-state index is -1.18. The highest BCUT2D eigenvalue weighted by atomic mass is 19.2. The van der Waals surface area contributed by atoms with Crippen LogP contribution in [-0.2, 0) is 9.59 Å². The van der Waals surface area contributed by atoms with Gasteiger partial charge in [0.15, 0.2) is 17.7 Å². The van der Waals surface area contributed by atoms with E-state index in [1.54, 1.807) is 6.92 Å². The number of rotatable bonds is 7. The van der Waals surface area contributed by atoms with E-state index in [0.29, 0.717) is 5.75 Å². The summed E-state index contributed by atoms with van der Waals surface area (Å²) in [5.41, 5.74) is 2.07. The van der Waals surface area contributed by atoms with Gasteiger partial charge in [-0.05, 0) is 54.7 Å². The van der Waals surface area contributed by atoms with Crippen molar-refractivity contribution in [3.05, 3.63) is 64.7 Å². The van der Waals surface area contributed by atoms with E-state index in [0.717, 1.165) is 23.3 Å². The Morgan fingerprint density at radius 2 is 1.66 bits per heavy atom. The van der Waals surface area contributed by atoms with Gasteiger partial charge in [-0.25, -0.2) is 8.78 Å². The van der Waals surface area contributed by atoms with Crippen LogP contribution in [0.5, 0.6) is 5.75 Å². The fraction of sp³-hybridized carbons (Fsp3) is 0.364. The van der Waals surface area contributed by atoms with Gasteiger partial charge in [-0.15, -0.1) is 0 Å². The van der Waals surface area contributed by atoms with Crippen LogP contribution in [0.15, 0.2) is 36.4 Å². The van der Waals surface area contributed by atoms with Gasteiger partial charge in [0.1, 0.15) is 11.8 Å². The SMILES string of the molecule is CNC(=O)C(NC(=O)C(C)Oc1cc(C)ccc1C(C)C)c1ccc(F)c(F)c1. The lowest BCUT2D eigenvalue weighted by atomic mass is 10.0. The molecule has 156 valence electrons. The molecule has 7 heteroatoms. The molecule has 0 bridgehead atoms. The van der Waals surface area contributed by atoms with E-state index in [1.165, 1.54) is 13.1 Å². The highest BCUT2D eigenvalue weighted by molar-refractivity contribution is 5.90. The lowest BCUT2D eigenvalue weighted by Crippen LogP contribution is -2.44. The number of halogens is 2. The van der Waals surface area contributed by atoms with E-state index >= 15 is 0 Å². The Kier molecular flexibility index (Phi) is 7.31. The maximum atomic E-state index is 13.6. The average molecular weight is 404 g/mol. The van der Waals surface area contributed by atoms with E-state index in [9.17, 15) is 18.4 Å². The van der Waals surface area contributed by atoms with E-state index in [1.807, 2.05) is 39.0 Å². The molecule has 0 saturated heterocycles. The monoisotopic (exact) mass is 404 g/mol. The second-order valence-electron chi connectivity index (χ2n) is 7.19. The van der Waals surface area contributed by atoms with Gasteiger partial charge in [-0.2, -0.15) is 0 Å². The summed E-state index contributed by atoms with van der Waals surface area (Å²) in [5.74, 6) is -2.47. The number of hydrogen-bond donors (Lipinski definition) is 2. The second-order valence-corrected chi connectivity index (χ2v) is 7.19. The number of amides is 2. The van der Waals surface area contributed by atoms with E-state index in [2.05, 4.69) is 10.6 Å². The summed E-state index contributed by atoms with van der Waals surface area (Å²) in [6.07, 6.45) is -0.910. The number of aryl methyl sites for hydroxylation is 1. The molecule has 0 aliphatic rings. The molecule has 2 aromatic carbocycles. The Hall–Kier alpha value is -2.96. The van der Waals surface area contributed by atoms with Crippen molar-refractivity contribution in [1.82, 2.24) is 10.6 Å². The zero-order valence-electron chi connectivity index (χ0n) is 17.2. The molecule has 29 heavy (non-hydrogen) atoms. The minimum Gasteiger partial charge on any atom is -0.481 e. The molecule has 2 amide bonds. The van der Waals surface area contributed by atoms with Gasteiger partial charge in [-0.1, -0.05) is 32.0 Å². The van der Waals surface area contributed by atoms with Gasteiger partial charge in [0.25, 0.3) is 5.91 Å². The van der Waals surface area contributed by atoms with Crippen LogP contribution in [0, 0.1) is 18.6 Å². The largest absolute Gasteiger partial charge is 0.481 e. The molecular formula is C22H26F2N2O3. The molecule has 2 N–H and O–H groups in total. The van der Waals surface area contributed by atoms with Gasteiger partial charge in [0.05, 0.1) is 0 Å². The zero-order valence-corrected chi connectivity index (χ0v) is 17.2. The zero-order chi connectivity index (χ0) is 21.7. The number of hydrogen-bond acceptors (Lipinski definition) is 3. The molecule has 0 aliphatic heterocycles. The van der Waals surface area contributed by atoms with Gasteiger partial charge in [0.2, 0.25) is 5.91 Å². The smallest absolute Gasteiger partial charge is 0.261 e. The third kappa shape index (κ3) is 5.53. The fourth-order valence-electron chi connectivity index (χ4n) is 2.86. The van der Waals surface area contributed by atoms with Crippen LogP contribution in [0.1, 0.15) is 49.4 Å². The topological polar surface area (TPSA) is 67.4 Å². The molecule has 2 rings (SSSR count). The first-order chi connectivity index (χ1) is 13.6. The van der Waals surface area contributed by atoms with E-state index in [4.69, 9.17) is 4.74 Å². The second kappa shape index (κ2) is 9.49. The third-order valence-corrected chi connectivity index (χ3v) is 4.54. The van der Waals surface area contributed by atoms with Crippen LogP contribution >= 0.6 is 0 Å². The Labute approximate surface area is 169 Å². The van der Waals surface area contributed by atoms with Gasteiger partial charge < -0.3 is 15.4 Å². The molecule has 0 radical (unpaired) electrons. The molecule has 0 saturated carbocycles. The summed E-state index contributed by atoms with van der Waals surface area (Å²) in [6, 6.07) is 7.64. The lowest BCUT2D eigenvalue weighted by molar-refractivity contribution is -0.132. The maximum absolute atomic E-state index is 13.6. The minimum absolute atomic E-state index is 0.127. The Balaban J connectivity index is 2.22. The first kappa shape index (κ1) is 22.3. The predicted octanol–water partition coefficient (Wildman–Crippen LogP) is 3.77. The molecule has 0 heterocycles. The summed E-state index contributed by atoms with van der Waals surface area (Å²) in [7, 11) is 1.39. The molecule has 2 aromatic rings. The average Bonchev–Trinajstić information content (AvgIpc) is 2.67. The van der Waals surface area contributed by atoms with Crippen molar-refractivity contribution >= 4 is 11.8 Å². The van der Waals surface area contributed by atoms with Gasteiger partial charge in [-0.3, -0.25) is 9.59 Å². The van der Waals surface area contributed by atoms with Crippen molar-refractivity contribution < 1.29 is 23.1 Å². The van der Waals surface area contributed by atoms with Crippen molar-refractivity contribution in [3.8, 4) is 5.75 Å². The van der Waals surface area contributed by atoms with Crippen molar-refractivity contribution in [3.63, 3.8) is 0 Å². The molecule has 5 nitrogen and oxygen atoms in total. The van der Waals surface area contributed by atoms with E-state index in [-0.39, 0.29) is 11.5 Å². The van der Waals surface area contributed by atoms with Crippen molar-refractivity contribution in [2.45, 2.75) is 45.8 Å². The quantitative estimate of drug-likeness (QED) is 0.738. The Morgan fingerprint density at radius 1 is 0.966 bits per heavy atom. The number of benzene rings is 2. The molecule has 0 aromatic heterocycles. The highest BCUT2D eigenvalue weighted by Gasteiger charge is 2.26. The number of carbonyl (C=O) groups excluding carboxylic acids is 2. The first-order valence-electron chi connectivity index (χ1n) is 9.38. The third-order valence-electron chi connectivity index (χ3n) is 4.54. The molecule has 0 aliphatic carbocycles. The first-order valence-corrected chi connectivity index (χ1v) is 9.38. The highest BCUT2D eigenvalue weighted by Crippen LogP contribution is 2.28. The molecular weight excluding hydrogens is 378 g/mol. The van der Waals surface area contributed by atoms with Crippen LogP contribution < -0.4 is 15.4 Å². The summed E-state index contributed by atoms with van der Waals surface area (Å²) in [6.45, 7) is 7.53. The summed E-state index contributed by atoms with van der Waals surface area (Å²) in [4.78, 5) is 24.9. The molecule has 0 spiro atoms. The van der Waals surface area contributed by atoms with Crippen molar-refractivity contribution in [2.75, 3.05) is 7.05 Å². The summed E-state index contributed by atoms with van der Waals surface area (Å²) >= 11 is 0. The number of nitrogens with one attached hydrogen (secondary N) is 2. The van der Waals surface area contributed by atoms with E-state index < -0.39 is 35.6 Å². The van der Waals surface area contributed by atoms with Crippen LogP contribution in [0.2, 0.25) is 0 Å².